The van der Waals surface area contributed by atoms with Crippen LogP contribution in [0, 0.1) is 11.8 Å². The molecule has 2 N–H and O–H groups in total. The quantitative estimate of drug-likeness (QED) is 0.636. The zero-order chi connectivity index (χ0) is 22.8. The predicted molar refractivity (Wildman–Crippen MR) is 103 cm³/mol. The van der Waals surface area contributed by atoms with Gasteiger partial charge in [-0.3, -0.25) is 25.2 Å². The molecular formula is C19H22F3N3O5S. The largest absolute Gasteiger partial charge is 0.416 e. The third kappa shape index (κ3) is 6.18. The fourth-order valence-corrected chi connectivity index (χ4v) is 5.61. The Labute approximate surface area is 177 Å². The summed E-state index contributed by atoms with van der Waals surface area (Å²) in [4.78, 5) is 37.7. The van der Waals surface area contributed by atoms with E-state index in [1.54, 1.807) is 0 Å². The van der Waals surface area contributed by atoms with Gasteiger partial charge < -0.3 is 4.90 Å². The second-order valence-corrected chi connectivity index (χ2v) is 10.1. The molecule has 0 aliphatic carbocycles. The zero-order valence-corrected chi connectivity index (χ0v) is 17.3. The summed E-state index contributed by atoms with van der Waals surface area (Å²) < 4.78 is 61.4. The average Bonchev–Trinajstić information content (AvgIpc) is 3.21. The van der Waals surface area contributed by atoms with Gasteiger partial charge >= 0.3 is 6.18 Å². The Morgan fingerprint density at radius 1 is 1.19 bits per heavy atom. The van der Waals surface area contributed by atoms with Crippen LogP contribution in [0.3, 0.4) is 0 Å². The van der Waals surface area contributed by atoms with Crippen LogP contribution < -0.4 is 10.9 Å². The number of hydrogen-bond acceptors (Lipinski definition) is 5. The first-order valence-electron chi connectivity index (χ1n) is 9.66. The van der Waals surface area contributed by atoms with Crippen LogP contribution in [0.15, 0.2) is 24.3 Å². The van der Waals surface area contributed by atoms with Gasteiger partial charge in [0.25, 0.3) is 0 Å². The minimum atomic E-state index is -4.49. The van der Waals surface area contributed by atoms with Gasteiger partial charge in [0.15, 0.2) is 9.84 Å². The van der Waals surface area contributed by atoms with Crippen molar-refractivity contribution in [3.63, 3.8) is 0 Å². The molecule has 2 saturated heterocycles. The molecule has 0 aromatic heterocycles. The van der Waals surface area contributed by atoms with E-state index in [0.717, 1.165) is 12.1 Å². The smallest absolute Gasteiger partial charge is 0.338 e. The molecule has 2 fully saturated rings. The molecule has 8 nitrogen and oxygen atoms in total. The summed E-state index contributed by atoms with van der Waals surface area (Å²) in [7, 11) is -3.11. The number of likely N-dealkylation sites (tertiary alicyclic amines) is 1. The van der Waals surface area contributed by atoms with Crippen LogP contribution in [0.4, 0.5) is 13.2 Å². The third-order valence-corrected chi connectivity index (χ3v) is 7.18. The molecule has 2 unspecified atom stereocenters. The maximum absolute atomic E-state index is 12.8. The van der Waals surface area contributed by atoms with Gasteiger partial charge in [-0.15, -0.1) is 0 Å². The Hall–Kier alpha value is -2.63. The molecule has 3 amide bonds. The first-order valence-corrected chi connectivity index (χ1v) is 11.5. The molecule has 0 spiro atoms. The van der Waals surface area contributed by atoms with E-state index in [-0.39, 0.29) is 49.3 Å². The highest BCUT2D eigenvalue weighted by atomic mass is 32.2. The Bertz CT molecular complexity index is 980. The van der Waals surface area contributed by atoms with Crippen molar-refractivity contribution in [1.29, 1.82) is 0 Å². The molecule has 1 aromatic rings. The van der Waals surface area contributed by atoms with Crippen molar-refractivity contribution < 1.29 is 36.0 Å². The van der Waals surface area contributed by atoms with Crippen molar-refractivity contribution >= 4 is 27.6 Å². The lowest BCUT2D eigenvalue weighted by Crippen LogP contribution is -2.45. The van der Waals surface area contributed by atoms with Gasteiger partial charge in [0.2, 0.25) is 17.7 Å². The summed E-state index contributed by atoms with van der Waals surface area (Å²) in [5.41, 5.74) is 3.95. The van der Waals surface area contributed by atoms with Crippen LogP contribution in [0.1, 0.15) is 30.4 Å². The van der Waals surface area contributed by atoms with Crippen LogP contribution in [0.2, 0.25) is 0 Å². The minimum absolute atomic E-state index is 0.0116. The van der Waals surface area contributed by atoms with Crippen molar-refractivity contribution in [2.75, 3.05) is 18.1 Å². The number of halogens is 3. The lowest BCUT2D eigenvalue weighted by Gasteiger charge is -2.18. The maximum Gasteiger partial charge on any atom is 0.416 e. The van der Waals surface area contributed by atoms with Crippen molar-refractivity contribution in [3.8, 4) is 0 Å². The highest BCUT2D eigenvalue weighted by molar-refractivity contribution is 7.91. The molecule has 31 heavy (non-hydrogen) atoms. The number of carbonyl (C=O) groups is 3. The summed E-state index contributed by atoms with van der Waals surface area (Å²) in [6.07, 6.45) is -4.26. The van der Waals surface area contributed by atoms with Crippen molar-refractivity contribution in [2.45, 2.75) is 32.0 Å². The van der Waals surface area contributed by atoms with Gasteiger partial charge in [-0.1, -0.05) is 12.1 Å². The highest BCUT2D eigenvalue weighted by Gasteiger charge is 2.36. The molecule has 12 heteroatoms. The van der Waals surface area contributed by atoms with E-state index in [0.29, 0.717) is 12.0 Å². The summed E-state index contributed by atoms with van der Waals surface area (Å²) in [5.74, 6) is -2.56. The molecule has 170 valence electrons. The normalized spacial score (nSPS) is 23.1. The predicted octanol–water partition coefficient (Wildman–Crippen LogP) is 1.03. The van der Waals surface area contributed by atoms with Gasteiger partial charge in [-0.05, 0) is 30.0 Å². The average molecular weight is 461 g/mol. The lowest BCUT2D eigenvalue weighted by atomic mass is 10.1. The zero-order valence-electron chi connectivity index (χ0n) is 16.4. The fourth-order valence-electron chi connectivity index (χ4n) is 3.75. The first kappa shape index (κ1) is 23.0. The van der Waals surface area contributed by atoms with Gasteiger partial charge in [-0.25, -0.2) is 8.42 Å². The summed E-state index contributed by atoms with van der Waals surface area (Å²) in [6, 6.07) is 4.63. The molecule has 0 radical (unpaired) electrons. The van der Waals surface area contributed by atoms with E-state index in [1.807, 2.05) is 0 Å². The van der Waals surface area contributed by atoms with Gasteiger partial charge in [0.1, 0.15) is 0 Å². The second kappa shape index (κ2) is 8.85. The number of nitrogens with zero attached hydrogens (tertiary/aromatic N) is 1. The molecule has 2 aliphatic rings. The SMILES string of the molecule is O=C(CC1CCS(=O)(=O)C1)NNC(=O)C1CC(=O)N(Cc2cccc(C(F)(F)F)c2)C1. The Balaban J connectivity index is 1.48. The molecule has 2 atom stereocenters. The van der Waals surface area contributed by atoms with Crippen molar-refractivity contribution in [1.82, 2.24) is 15.8 Å². The molecule has 2 heterocycles. The molecule has 1 aromatic carbocycles. The van der Waals surface area contributed by atoms with Gasteiger partial charge in [0.05, 0.1) is 23.0 Å². The standard InChI is InChI=1S/C19H22F3N3O5S/c20-19(21,22)15-3-1-2-12(6-15)9-25-10-14(8-17(25)27)18(28)24-23-16(26)7-13-4-5-31(29,30)11-13/h1-3,6,13-14H,4-5,7-11H2,(H,23,26)(H,24,28). The molecular weight excluding hydrogens is 439 g/mol. The van der Waals surface area contributed by atoms with E-state index < -0.39 is 39.3 Å². The second-order valence-electron chi connectivity index (χ2n) is 7.88. The number of alkyl halides is 3. The van der Waals surface area contributed by atoms with Crippen molar-refractivity contribution in [3.05, 3.63) is 35.4 Å². The molecule has 2 aliphatic heterocycles. The van der Waals surface area contributed by atoms with E-state index in [1.165, 1.54) is 17.0 Å². The van der Waals surface area contributed by atoms with Crippen LogP contribution in [0.5, 0.6) is 0 Å². The first-order chi connectivity index (χ1) is 14.4. The number of benzene rings is 1. The van der Waals surface area contributed by atoms with E-state index >= 15 is 0 Å². The number of sulfone groups is 1. The van der Waals surface area contributed by atoms with Crippen LogP contribution in [-0.2, 0) is 36.9 Å². The number of nitrogens with one attached hydrogen (secondary N) is 2. The van der Waals surface area contributed by atoms with E-state index in [9.17, 15) is 36.0 Å². The Kier molecular flexibility index (Phi) is 6.58. The topological polar surface area (TPSA) is 113 Å². The molecule has 0 saturated carbocycles. The summed E-state index contributed by atoms with van der Waals surface area (Å²) in [5, 5.41) is 0. The minimum Gasteiger partial charge on any atom is -0.338 e. The number of hydrogen-bond donors (Lipinski definition) is 2. The number of amides is 3. The van der Waals surface area contributed by atoms with E-state index in [4.69, 9.17) is 0 Å². The fraction of sp³-hybridized carbons (Fsp3) is 0.526. The number of carbonyl (C=O) groups excluding carboxylic acids is 3. The molecule has 0 bridgehead atoms. The number of rotatable bonds is 5. The van der Waals surface area contributed by atoms with Crippen LogP contribution >= 0.6 is 0 Å². The maximum atomic E-state index is 12.8. The van der Waals surface area contributed by atoms with E-state index in [2.05, 4.69) is 10.9 Å². The summed E-state index contributed by atoms with van der Waals surface area (Å²) >= 11 is 0. The third-order valence-electron chi connectivity index (χ3n) is 5.34. The van der Waals surface area contributed by atoms with Gasteiger partial charge in [-0.2, -0.15) is 13.2 Å². The monoisotopic (exact) mass is 461 g/mol. The Morgan fingerprint density at radius 2 is 1.94 bits per heavy atom. The van der Waals surface area contributed by atoms with Gasteiger partial charge in [0, 0.05) is 25.9 Å². The Morgan fingerprint density at radius 3 is 2.58 bits per heavy atom. The highest BCUT2D eigenvalue weighted by Crippen LogP contribution is 2.30. The molecule has 3 rings (SSSR count). The van der Waals surface area contributed by atoms with Crippen LogP contribution in [-0.4, -0.2) is 49.1 Å². The summed E-state index contributed by atoms with van der Waals surface area (Å²) in [6.45, 7) is -0.0489. The van der Waals surface area contributed by atoms with Crippen molar-refractivity contribution in [2.24, 2.45) is 11.8 Å². The lowest BCUT2D eigenvalue weighted by molar-refractivity contribution is -0.137. The van der Waals surface area contributed by atoms with Crippen LogP contribution in [0.25, 0.3) is 0 Å². The number of hydrazine groups is 1.